The van der Waals surface area contributed by atoms with Crippen molar-refractivity contribution in [3.63, 3.8) is 0 Å². The molecule has 21 heavy (non-hydrogen) atoms. The molecule has 1 aromatic rings. The van der Waals surface area contributed by atoms with Crippen LogP contribution in [0.2, 0.25) is 0 Å². The van der Waals surface area contributed by atoms with Gasteiger partial charge in [0.1, 0.15) is 6.04 Å². The molecule has 114 valence electrons. The zero-order valence-electron chi connectivity index (χ0n) is 13.0. The molecule has 2 heterocycles. The van der Waals surface area contributed by atoms with Crippen molar-refractivity contribution in [3.05, 3.63) is 35.9 Å². The van der Waals surface area contributed by atoms with Gasteiger partial charge in [-0.2, -0.15) is 0 Å². The lowest BCUT2D eigenvalue weighted by Gasteiger charge is -2.28. The van der Waals surface area contributed by atoms with Crippen molar-refractivity contribution in [1.29, 1.82) is 0 Å². The maximum atomic E-state index is 11.8. The number of benzene rings is 1. The van der Waals surface area contributed by atoms with Crippen LogP contribution in [0.25, 0.3) is 0 Å². The maximum Gasteiger partial charge on any atom is 0.322 e. The summed E-state index contributed by atoms with van der Waals surface area (Å²) in [4.78, 5) is 16.5. The largest absolute Gasteiger partial charge is 0.468 e. The number of fused-ring (bicyclic) bond motifs is 1. The Morgan fingerprint density at radius 3 is 2.62 bits per heavy atom. The molecule has 1 aromatic carbocycles. The van der Waals surface area contributed by atoms with Gasteiger partial charge in [-0.25, -0.2) is 0 Å². The molecule has 0 amide bonds. The highest BCUT2D eigenvalue weighted by atomic mass is 16.5. The maximum absolute atomic E-state index is 11.8. The second-order valence-corrected chi connectivity index (χ2v) is 6.37. The number of hydrogen-bond donors (Lipinski definition) is 0. The van der Waals surface area contributed by atoms with Crippen LogP contribution in [-0.4, -0.2) is 55.6 Å². The first kappa shape index (κ1) is 14.5. The molecule has 0 bridgehead atoms. The fourth-order valence-electron chi connectivity index (χ4n) is 4.08. The van der Waals surface area contributed by atoms with Gasteiger partial charge in [0.25, 0.3) is 0 Å². The SMILES string of the molecule is COC(=O)C(C)N1CC2CN(C)C(c3ccccc3)C2C1. The molecule has 2 aliphatic heterocycles. The molecule has 2 aliphatic rings. The van der Waals surface area contributed by atoms with Gasteiger partial charge >= 0.3 is 5.97 Å². The van der Waals surface area contributed by atoms with Crippen LogP contribution in [0.5, 0.6) is 0 Å². The van der Waals surface area contributed by atoms with Crippen molar-refractivity contribution in [2.75, 3.05) is 33.8 Å². The van der Waals surface area contributed by atoms with Crippen LogP contribution in [-0.2, 0) is 9.53 Å². The molecule has 0 aliphatic carbocycles. The van der Waals surface area contributed by atoms with Gasteiger partial charge in [0.05, 0.1) is 7.11 Å². The average Bonchev–Trinajstić information content (AvgIpc) is 3.02. The van der Waals surface area contributed by atoms with E-state index in [0.29, 0.717) is 17.9 Å². The van der Waals surface area contributed by atoms with Crippen LogP contribution in [0, 0.1) is 11.8 Å². The number of ether oxygens (including phenoxy) is 1. The summed E-state index contributed by atoms with van der Waals surface area (Å²) in [7, 11) is 3.68. The van der Waals surface area contributed by atoms with Crippen LogP contribution in [0.4, 0.5) is 0 Å². The Morgan fingerprint density at radius 2 is 1.95 bits per heavy atom. The van der Waals surface area contributed by atoms with Gasteiger partial charge in [0.2, 0.25) is 0 Å². The number of hydrogen-bond acceptors (Lipinski definition) is 4. The monoisotopic (exact) mass is 288 g/mol. The van der Waals surface area contributed by atoms with E-state index in [2.05, 4.69) is 47.2 Å². The topological polar surface area (TPSA) is 32.8 Å². The lowest BCUT2D eigenvalue weighted by molar-refractivity contribution is -0.146. The number of rotatable bonds is 3. The Bertz CT molecular complexity index is 505. The van der Waals surface area contributed by atoms with Crippen molar-refractivity contribution < 1.29 is 9.53 Å². The second-order valence-electron chi connectivity index (χ2n) is 6.37. The van der Waals surface area contributed by atoms with Crippen LogP contribution in [0.15, 0.2) is 30.3 Å². The molecule has 4 nitrogen and oxygen atoms in total. The number of esters is 1. The standard InChI is InChI=1S/C17H24N2O2/c1-12(17(20)21-3)19-10-14-9-18(2)16(15(14)11-19)13-7-5-4-6-8-13/h4-8,12,14-16H,9-11H2,1-3H3. The van der Waals surface area contributed by atoms with E-state index >= 15 is 0 Å². The van der Waals surface area contributed by atoms with E-state index in [9.17, 15) is 4.79 Å². The molecule has 2 saturated heterocycles. The molecule has 3 rings (SSSR count). The van der Waals surface area contributed by atoms with Crippen LogP contribution in [0.3, 0.4) is 0 Å². The molecule has 0 spiro atoms. The molecule has 0 saturated carbocycles. The Morgan fingerprint density at radius 1 is 1.24 bits per heavy atom. The summed E-state index contributed by atoms with van der Waals surface area (Å²) in [6, 6.07) is 11.1. The Labute approximate surface area is 126 Å². The van der Waals surface area contributed by atoms with E-state index in [1.807, 2.05) is 6.92 Å². The van der Waals surface area contributed by atoms with Crippen molar-refractivity contribution in [3.8, 4) is 0 Å². The number of nitrogens with zero attached hydrogens (tertiary/aromatic N) is 2. The third kappa shape index (κ3) is 2.58. The van der Waals surface area contributed by atoms with E-state index in [1.165, 1.54) is 12.7 Å². The van der Waals surface area contributed by atoms with E-state index < -0.39 is 0 Å². The number of likely N-dealkylation sites (tertiary alicyclic amines) is 2. The van der Waals surface area contributed by atoms with E-state index in [0.717, 1.165) is 19.6 Å². The summed E-state index contributed by atoms with van der Waals surface area (Å²) < 4.78 is 4.89. The van der Waals surface area contributed by atoms with Gasteiger partial charge in [-0.1, -0.05) is 30.3 Å². The summed E-state index contributed by atoms with van der Waals surface area (Å²) in [5.74, 6) is 1.12. The van der Waals surface area contributed by atoms with E-state index in [4.69, 9.17) is 4.74 Å². The second kappa shape index (κ2) is 5.78. The summed E-state index contributed by atoms with van der Waals surface area (Å²) in [5, 5.41) is 0. The summed E-state index contributed by atoms with van der Waals surface area (Å²) >= 11 is 0. The first-order valence-corrected chi connectivity index (χ1v) is 7.69. The first-order valence-electron chi connectivity index (χ1n) is 7.69. The normalized spacial score (nSPS) is 31.1. The van der Waals surface area contributed by atoms with Crippen LogP contribution >= 0.6 is 0 Å². The highest BCUT2D eigenvalue weighted by molar-refractivity contribution is 5.75. The molecule has 2 fully saturated rings. The average molecular weight is 288 g/mol. The number of carbonyl (C=O) groups is 1. The van der Waals surface area contributed by atoms with E-state index in [-0.39, 0.29) is 12.0 Å². The highest BCUT2D eigenvalue weighted by Gasteiger charge is 2.47. The predicted molar refractivity (Wildman–Crippen MR) is 81.8 cm³/mol. The lowest BCUT2D eigenvalue weighted by Crippen LogP contribution is -2.40. The van der Waals surface area contributed by atoms with Crippen molar-refractivity contribution in [2.45, 2.75) is 19.0 Å². The minimum absolute atomic E-state index is 0.125. The lowest BCUT2D eigenvalue weighted by atomic mass is 9.90. The summed E-state index contributed by atoms with van der Waals surface area (Å²) in [6.45, 7) is 5.03. The Balaban J connectivity index is 1.76. The quantitative estimate of drug-likeness (QED) is 0.794. The molecule has 4 unspecified atom stereocenters. The fourth-order valence-corrected chi connectivity index (χ4v) is 4.08. The molecular formula is C17H24N2O2. The van der Waals surface area contributed by atoms with Gasteiger partial charge in [-0.15, -0.1) is 0 Å². The van der Waals surface area contributed by atoms with Gasteiger partial charge in [-0.3, -0.25) is 14.6 Å². The zero-order valence-corrected chi connectivity index (χ0v) is 13.0. The third-order valence-electron chi connectivity index (χ3n) is 5.15. The molecule has 0 radical (unpaired) electrons. The molecular weight excluding hydrogens is 264 g/mol. The van der Waals surface area contributed by atoms with Gasteiger partial charge < -0.3 is 4.74 Å². The smallest absolute Gasteiger partial charge is 0.322 e. The predicted octanol–water partition coefficient (Wildman–Crippen LogP) is 1.78. The van der Waals surface area contributed by atoms with Crippen molar-refractivity contribution in [1.82, 2.24) is 9.80 Å². The highest BCUT2D eigenvalue weighted by Crippen LogP contribution is 2.44. The van der Waals surface area contributed by atoms with Crippen LogP contribution < -0.4 is 0 Å². The fraction of sp³-hybridized carbons (Fsp3) is 0.588. The molecule has 4 atom stereocenters. The number of methoxy groups -OCH3 is 1. The van der Waals surface area contributed by atoms with Gasteiger partial charge in [0.15, 0.2) is 0 Å². The van der Waals surface area contributed by atoms with Crippen molar-refractivity contribution >= 4 is 5.97 Å². The summed E-state index contributed by atoms with van der Waals surface area (Å²) in [5.41, 5.74) is 1.39. The molecule has 0 N–H and O–H groups in total. The van der Waals surface area contributed by atoms with Gasteiger partial charge in [-0.05, 0) is 31.4 Å². The minimum atomic E-state index is -0.137. The first-order chi connectivity index (χ1) is 10.1. The minimum Gasteiger partial charge on any atom is -0.468 e. The summed E-state index contributed by atoms with van der Waals surface area (Å²) in [6.07, 6.45) is 0. The number of carbonyl (C=O) groups excluding carboxylic acids is 1. The van der Waals surface area contributed by atoms with Gasteiger partial charge in [0, 0.05) is 25.7 Å². The molecule has 0 aromatic heterocycles. The molecule has 4 heteroatoms. The third-order valence-corrected chi connectivity index (χ3v) is 5.15. The van der Waals surface area contributed by atoms with Crippen LogP contribution in [0.1, 0.15) is 18.5 Å². The Hall–Kier alpha value is -1.39. The van der Waals surface area contributed by atoms with E-state index in [1.54, 1.807) is 0 Å². The Kier molecular flexibility index (Phi) is 4.00. The zero-order chi connectivity index (χ0) is 15.0. The van der Waals surface area contributed by atoms with Crippen molar-refractivity contribution in [2.24, 2.45) is 11.8 Å².